The van der Waals surface area contributed by atoms with Crippen LogP contribution in [-0.2, 0) is 19.6 Å². The van der Waals surface area contributed by atoms with Crippen molar-refractivity contribution in [2.24, 2.45) is 0 Å². The minimum absolute atomic E-state index is 0.0330. The molecule has 0 aromatic heterocycles. The van der Waals surface area contributed by atoms with Crippen molar-refractivity contribution in [1.82, 2.24) is 5.32 Å². The molecule has 0 radical (unpaired) electrons. The fraction of sp³-hybridized carbons (Fsp3) is 0.417. The van der Waals surface area contributed by atoms with Gasteiger partial charge in [0.15, 0.2) is 6.10 Å². The van der Waals surface area contributed by atoms with E-state index in [9.17, 15) is 18.0 Å². The van der Waals surface area contributed by atoms with Crippen LogP contribution in [0.5, 0.6) is 0 Å². The van der Waals surface area contributed by atoms with Crippen LogP contribution < -0.4 is 9.62 Å². The van der Waals surface area contributed by atoms with Crippen LogP contribution in [-0.4, -0.2) is 39.5 Å². The summed E-state index contributed by atoms with van der Waals surface area (Å²) in [6.45, 7) is 3.44. The fourth-order valence-electron chi connectivity index (χ4n) is 3.68. The van der Waals surface area contributed by atoms with E-state index in [-0.39, 0.29) is 22.4 Å². The van der Waals surface area contributed by atoms with Crippen molar-refractivity contribution in [2.75, 3.05) is 11.4 Å². The molecule has 1 saturated carbocycles. The van der Waals surface area contributed by atoms with Crippen LogP contribution in [0.1, 0.15) is 54.9 Å². The number of anilines is 1. The molecule has 1 aliphatic carbocycles. The Kier molecular flexibility index (Phi) is 7.56. The summed E-state index contributed by atoms with van der Waals surface area (Å²) in [4.78, 5) is 24.9. The van der Waals surface area contributed by atoms with E-state index >= 15 is 0 Å². The lowest BCUT2D eigenvalue weighted by Gasteiger charge is -2.24. The number of esters is 1. The molecule has 1 atom stereocenters. The Morgan fingerprint density at radius 2 is 1.72 bits per heavy atom. The first kappa shape index (κ1) is 23.8. The summed E-state index contributed by atoms with van der Waals surface area (Å²) in [7, 11) is -2.42. The van der Waals surface area contributed by atoms with E-state index in [2.05, 4.69) is 5.32 Å². The minimum Gasteiger partial charge on any atom is -0.449 e. The van der Waals surface area contributed by atoms with Crippen molar-refractivity contribution in [2.45, 2.75) is 63.0 Å². The molecule has 1 N–H and O–H groups in total. The standard InChI is InChI=1S/C24H30N2O5S/c1-17-12-14-21(15-13-17)26(3)32(29,30)22-11-7-8-19(16-22)24(28)31-18(2)23(27)25-20-9-5-4-6-10-20/h7-8,11-16,18,20H,4-6,9-10H2,1-3H3,(H,25,27). The SMILES string of the molecule is Cc1ccc(N(C)S(=O)(=O)c2cccc(C(=O)OC(C)C(=O)NC3CCCCC3)c2)cc1. The lowest BCUT2D eigenvalue weighted by atomic mass is 9.95. The first-order chi connectivity index (χ1) is 15.2. The molecule has 0 bridgehead atoms. The molecule has 1 amide bonds. The number of aryl methyl sites for hydroxylation is 1. The number of hydrogen-bond donors (Lipinski definition) is 1. The molecule has 3 rings (SSSR count). The molecular weight excluding hydrogens is 428 g/mol. The average Bonchev–Trinajstić information content (AvgIpc) is 2.79. The maximum Gasteiger partial charge on any atom is 0.338 e. The van der Waals surface area contributed by atoms with Crippen LogP contribution in [0.4, 0.5) is 5.69 Å². The molecule has 8 heteroatoms. The Balaban J connectivity index is 1.69. The van der Waals surface area contributed by atoms with Gasteiger partial charge < -0.3 is 10.1 Å². The highest BCUT2D eigenvalue weighted by Gasteiger charge is 2.25. The predicted molar refractivity (Wildman–Crippen MR) is 123 cm³/mol. The van der Waals surface area contributed by atoms with E-state index in [0.29, 0.717) is 5.69 Å². The third kappa shape index (κ3) is 5.68. The first-order valence-corrected chi connectivity index (χ1v) is 12.3. The van der Waals surface area contributed by atoms with Gasteiger partial charge in [-0.2, -0.15) is 0 Å². The monoisotopic (exact) mass is 458 g/mol. The molecule has 2 aromatic rings. The number of carbonyl (C=O) groups excluding carboxylic acids is 2. The van der Waals surface area contributed by atoms with Gasteiger partial charge in [-0.1, -0.05) is 43.0 Å². The third-order valence-electron chi connectivity index (χ3n) is 5.73. The van der Waals surface area contributed by atoms with Gasteiger partial charge in [-0.15, -0.1) is 0 Å². The first-order valence-electron chi connectivity index (χ1n) is 10.9. The van der Waals surface area contributed by atoms with E-state index in [4.69, 9.17) is 4.74 Å². The molecule has 2 aromatic carbocycles. The number of amides is 1. The molecule has 7 nitrogen and oxygen atoms in total. The van der Waals surface area contributed by atoms with Crippen molar-refractivity contribution in [3.63, 3.8) is 0 Å². The number of carbonyl (C=O) groups is 2. The molecule has 1 fully saturated rings. The second-order valence-corrected chi connectivity index (χ2v) is 10.2. The number of benzene rings is 2. The normalized spacial score (nSPS) is 15.6. The zero-order valence-electron chi connectivity index (χ0n) is 18.7. The average molecular weight is 459 g/mol. The van der Waals surface area contributed by atoms with E-state index in [1.807, 2.05) is 19.1 Å². The number of sulfonamides is 1. The quantitative estimate of drug-likeness (QED) is 0.637. The zero-order valence-corrected chi connectivity index (χ0v) is 19.5. The highest BCUT2D eigenvalue weighted by molar-refractivity contribution is 7.92. The summed E-state index contributed by atoms with van der Waals surface area (Å²) in [5.41, 5.74) is 1.60. The van der Waals surface area contributed by atoms with Crippen LogP contribution in [0, 0.1) is 6.92 Å². The van der Waals surface area contributed by atoms with Gasteiger partial charge in [-0.05, 0) is 57.0 Å². The maximum atomic E-state index is 13.1. The van der Waals surface area contributed by atoms with Gasteiger partial charge >= 0.3 is 5.97 Å². The van der Waals surface area contributed by atoms with Crippen LogP contribution in [0.2, 0.25) is 0 Å². The molecule has 1 aliphatic rings. The van der Waals surface area contributed by atoms with Crippen LogP contribution in [0.25, 0.3) is 0 Å². The van der Waals surface area contributed by atoms with Gasteiger partial charge in [0.2, 0.25) is 0 Å². The van der Waals surface area contributed by atoms with E-state index in [0.717, 1.165) is 35.6 Å². The largest absolute Gasteiger partial charge is 0.449 e. The second-order valence-electron chi connectivity index (χ2n) is 8.23. The van der Waals surface area contributed by atoms with Crippen molar-refractivity contribution in [3.05, 3.63) is 59.7 Å². The van der Waals surface area contributed by atoms with E-state index < -0.39 is 22.1 Å². The summed E-state index contributed by atoms with van der Waals surface area (Å²) in [6, 6.07) is 12.9. The predicted octanol–water partition coefficient (Wildman–Crippen LogP) is 3.81. The van der Waals surface area contributed by atoms with E-state index in [1.54, 1.807) is 12.1 Å². The fourth-order valence-corrected chi connectivity index (χ4v) is 4.92. The third-order valence-corrected chi connectivity index (χ3v) is 7.51. The molecule has 0 aliphatic heterocycles. The van der Waals surface area contributed by atoms with E-state index in [1.165, 1.54) is 44.7 Å². The van der Waals surface area contributed by atoms with Gasteiger partial charge in [0.05, 0.1) is 16.1 Å². The lowest BCUT2D eigenvalue weighted by Crippen LogP contribution is -2.42. The number of hydrogen-bond acceptors (Lipinski definition) is 5. The van der Waals surface area contributed by atoms with Gasteiger partial charge in [0, 0.05) is 13.1 Å². The topological polar surface area (TPSA) is 92.8 Å². The number of ether oxygens (including phenoxy) is 1. The molecule has 0 saturated heterocycles. The zero-order chi connectivity index (χ0) is 23.3. The van der Waals surface area contributed by atoms with Crippen molar-refractivity contribution in [1.29, 1.82) is 0 Å². The van der Waals surface area contributed by atoms with Gasteiger partial charge in [0.1, 0.15) is 0 Å². The Morgan fingerprint density at radius 3 is 2.38 bits per heavy atom. The van der Waals surface area contributed by atoms with Crippen molar-refractivity contribution >= 4 is 27.6 Å². The number of nitrogens with one attached hydrogen (secondary N) is 1. The highest BCUT2D eigenvalue weighted by atomic mass is 32.2. The smallest absolute Gasteiger partial charge is 0.338 e. The number of rotatable bonds is 7. The Bertz CT molecular complexity index is 1060. The van der Waals surface area contributed by atoms with Gasteiger partial charge in [-0.3, -0.25) is 9.10 Å². The Labute approximate surface area is 189 Å². The minimum atomic E-state index is -3.88. The summed E-state index contributed by atoms with van der Waals surface area (Å²) in [5, 5.41) is 2.93. The summed E-state index contributed by atoms with van der Waals surface area (Å²) < 4.78 is 32.6. The Morgan fingerprint density at radius 1 is 1.06 bits per heavy atom. The summed E-state index contributed by atoms with van der Waals surface area (Å²) in [5.74, 6) is -1.08. The molecule has 0 heterocycles. The summed E-state index contributed by atoms with van der Waals surface area (Å²) >= 11 is 0. The molecule has 32 heavy (non-hydrogen) atoms. The molecule has 1 unspecified atom stereocenters. The maximum absolute atomic E-state index is 13.1. The number of nitrogens with zero attached hydrogens (tertiary/aromatic N) is 1. The summed E-state index contributed by atoms with van der Waals surface area (Å²) in [6.07, 6.45) is 4.23. The second kappa shape index (κ2) is 10.2. The molecule has 0 spiro atoms. The van der Waals surface area contributed by atoms with Gasteiger partial charge in [-0.25, -0.2) is 13.2 Å². The molecular formula is C24H30N2O5S. The highest BCUT2D eigenvalue weighted by Crippen LogP contribution is 2.23. The van der Waals surface area contributed by atoms with Crippen molar-refractivity contribution < 1.29 is 22.7 Å². The van der Waals surface area contributed by atoms with Crippen LogP contribution in [0.3, 0.4) is 0 Å². The Hall–Kier alpha value is -2.87. The van der Waals surface area contributed by atoms with Crippen LogP contribution in [0.15, 0.2) is 53.4 Å². The van der Waals surface area contributed by atoms with Gasteiger partial charge in [0.25, 0.3) is 15.9 Å². The van der Waals surface area contributed by atoms with Crippen LogP contribution >= 0.6 is 0 Å². The van der Waals surface area contributed by atoms with Crippen molar-refractivity contribution in [3.8, 4) is 0 Å². The molecule has 172 valence electrons. The lowest BCUT2D eigenvalue weighted by molar-refractivity contribution is -0.130.